The van der Waals surface area contributed by atoms with Crippen LogP contribution in [-0.2, 0) is 0 Å². The summed E-state index contributed by atoms with van der Waals surface area (Å²) in [6, 6.07) is 3.86. The Bertz CT molecular complexity index is 445. The van der Waals surface area contributed by atoms with Crippen molar-refractivity contribution in [3.05, 3.63) is 30.1 Å². The largest absolute Gasteiger partial charge is 0.361 e. The third-order valence-electron chi connectivity index (χ3n) is 3.32. The number of nitrogens with zero attached hydrogens (tertiary/aromatic N) is 2. The molecule has 4 nitrogen and oxygen atoms in total. The van der Waals surface area contributed by atoms with Gasteiger partial charge in [-0.1, -0.05) is 39.2 Å². The monoisotopic (exact) mass is 306 g/mol. The van der Waals surface area contributed by atoms with Crippen LogP contribution in [-0.4, -0.2) is 22.4 Å². The minimum Gasteiger partial charge on any atom is -0.361 e. The van der Waals surface area contributed by atoms with Gasteiger partial charge in [0.15, 0.2) is 5.11 Å². The molecule has 1 rings (SSSR count). The van der Waals surface area contributed by atoms with E-state index in [-0.39, 0.29) is 0 Å². The molecule has 0 radical (unpaired) electrons. The molecule has 0 aliphatic rings. The fourth-order valence-corrected chi connectivity index (χ4v) is 2.06. The number of pyridine rings is 1. The summed E-state index contributed by atoms with van der Waals surface area (Å²) in [6.45, 7) is 7.29. The molecule has 0 aliphatic heterocycles. The lowest BCUT2D eigenvalue weighted by Crippen LogP contribution is -2.35. The van der Waals surface area contributed by atoms with Gasteiger partial charge < -0.3 is 5.32 Å². The molecular formula is C16H26N4S. The van der Waals surface area contributed by atoms with Crippen molar-refractivity contribution in [3.63, 3.8) is 0 Å². The van der Waals surface area contributed by atoms with E-state index < -0.39 is 0 Å². The van der Waals surface area contributed by atoms with Crippen molar-refractivity contribution in [2.45, 2.75) is 46.5 Å². The van der Waals surface area contributed by atoms with E-state index in [0.717, 1.165) is 17.8 Å². The summed E-state index contributed by atoms with van der Waals surface area (Å²) in [7, 11) is 0. The fraction of sp³-hybridized carbons (Fsp3) is 0.562. The summed E-state index contributed by atoms with van der Waals surface area (Å²) < 4.78 is 0. The van der Waals surface area contributed by atoms with Gasteiger partial charge in [-0.3, -0.25) is 10.4 Å². The van der Waals surface area contributed by atoms with Gasteiger partial charge in [-0.15, -0.1) is 0 Å². The van der Waals surface area contributed by atoms with Crippen LogP contribution in [0.25, 0.3) is 0 Å². The number of hydrogen-bond donors (Lipinski definition) is 2. The van der Waals surface area contributed by atoms with Crippen molar-refractivity contribution in [2.24, 2.45) is 11.0 Å². The van der Waals surface area contributed by atoms with Gasteiger partial charge in [0.1, 0.15) is 0 Å². The minimum atomic E-state index is 0.570. The van der Waals surface area contributed by atoms with Gasteiger partial charge in [0.2, 0.25) is 0 Å². The van der Waals surface area contributed by atoms with Gasteiger partial charge in [-0.25, -0.2) is 0 Å². The van der Waals surface area contributed by atoms with Crippen molar-refractivity contribution in [1.29, 1.82) is 0 Å². The third-order valence-corrected chi connectivity index (χ3v) is 3.55. The van der Waals surface area contributed by atoms with Gasteiger partial charge in [-0.2, -0.15) is 5.10 Å². The number of aromatic nitrogens is 1. The summed E-state index contributed by atoms with van der Waals surface area (Å²) in [5, 5.41) is 8.05. The van der Waals surface area contributed by atoms with Gasteiger partial charge in [0, 0.05) is 24.5 Å². The summed E-state index contributed by atoms with van der Waals surface area (Å²) in [4.78, 5) is 4.07. The molecule has 0 unspecified atom stereocenters. The number of unbranched alkanes of at least 4 members (excludes halogenated alkanes) is 2. The molecule has 21 heavy (non-hydrogen) atoms. The number of rotatable bonds is 8. The van der Waals surface area contributed by atoms with Crippen LogP contribution in [0, 0.1) is 5.92 Å². The predicted octanol–water partition coefficient (Wildman–Crippen LogP) is 3.49. The SMILES string of the molecule is CCCCC[C@@H](C)CNC(=S)N/N=C(/C)c1cccnc1. The molecule has 0 aliphatic carbocycles. The van der Waals surface area contributed by atoms with Gasteiger partial charge >= 0.3 is 0 Å². The maximum Gasteiger partial charge on any atom is 0.186 e. The second-order valence-corrected chi connectivity index (χ2v) is 5.77. The molecule has 0 saturated heterocycles. The Morgan fingerprint density at radius 2 is 2.24 bits per heavy atom. The highest BCUT2D eigenvalue weighted by Gasteiger charge is 2.03. The van der Waals surface area contributed by atoms with E-state index in [1.807, 2.05) is 19.1 Å². The quantitative estimate of drug-likeness (QED) is 0.334. The normalized spacial score (nSPS) is 12.8. The zero-order valence-corrected chi connectivity index (χ0v) is 14.0. The molecule has 0 saturated carbocycles. The average Bonchev–Trinajstić information content (AvgIpc) is 2.51. The van der Waals surface area contributed by atoms with Gasteiger partial charge in [0.25, 0.3) is 0 Å². The summed E-state index contributed by atoms with van der Waals surface area (Å²) in [5.74, 6) is 0.625. The van der Waals surface area contributed by atoms with Crippen LogP contribution in [0.15, 0.2) is 29.6 Å². The Morgan fingerprint density at radius 1 is 1.43 bits per heavy atom. The second-order valence-electron chi connectivity index (χ2n) is 5.36. The molecule has 2 N–H and O–H groups in total. The van der Waals surface area contributed by atoms with Crippen molar-refractivity contribution >= 4 is 23.0 Å². The molecule has 1 atom stereocenters. The van der Waals surface area contributed by atoms with E-state index in [4.69, 9.17) is 12.2 Å². The Labute approximate surface area is 133 Å². The van der Waals surface area contributed by atoms with E-state index in [9.17, 15) is 0 Å². The molecular weight excluding hydrogens is 280 g/mol. The van der Waals surface area contributed by atoms with Crippen LogP contribution in [0.3, 0.4) is 0 Å². The molecule has 0 bridgehead atoms. The Balaban J connectivity index is 2.27. The molecule has 0 fully saturated rings. The van der Waals surface area contributed by atoms with Crippen LogP contribution in [0.2, 0.25) is 0 Å². The molecule has 116 valence electrons. The van der Waals surface area contributed by atoms with E-state index in [1.165, 1.54) is 25.7 Å². The molecule has 0 amide bonds. The average molecular weight is 306 g/mol. The van der Waals surface area contributed by atoms with Crippen molar-refractivity contribution in [2.75, 3.05) is 6.54 Å². The number of nitrogens with one attached hydrogen (secondary N) is 2. The molecule has 1 heterocycles. The standard InChI is InChI=1S/C16H26N4S/c1-4-5-6-8-13(2)11-18-16(21)20-19-14(3)15-9-7-10-17-12-15/h7,9-10,12-13H,4-6,8,11H2,1-3H3,(H2,18,20,21)/b19-14-/t13-/m1/s1. The van der Waals surface area contributed by atoms with Crippen LogP contribution in [0.1, 0.15) is 52.0 Å². The number of hydrazone groups is 1. The van der Waals surface area contributed by atoms with E-state index in [0.29, 0.717) is 11.0 Å². The lowest BCUT2D eigenvalue weighted by atomic mass is 10.0. The van der Waals surface area contributed by atoms with Crippen molar-refractivity contribution in [1.82, 2.24) is 15.7 Å². The number of thiocarbonyl (C=S) groups is 1. The topological polar surface area (TPSA) is 49.3 Å². The highest BCUT2D eigenvalue weighted by molar-refractivity contribution is 7.80. The van der Waals surface area contributed by atoms with Crippen LogP contribution in [0.4, 0.5) is 0 Å². The van der Waals surface area contributed by atoms with Crippen molar-refractivity contribution < 1.29 is 0 Å². The predicted molar refractivity (Wildman–Crippen MR) is 93.5 cm³/mol. The maximum absolute atomic E-state index is 5.23. The highest BCUT2D eigenvalue weighted by Crippen LogP contribution is 2.07. The summed E-state index contributed by atoms with van der Waals surface area (Å²) in [5.41, 5.74) is 4.73. The Morgan fingerprint density at radius 3 is 2.90 bits per heavy atom. The molecule has 0 spiro atoms. The summed E-state index contributed by atoms with van der Waals surface area (Å²) >= 11 is 5.23. The van der Waals surface area contributed by atoms with Crippen LogP contribution in [0.5, 0.6) is 0 Å². The lowest BCUT2D eigenvalue weighted by molar-refractivity contribution is 0.487. The van der Waals surface area contributed by atoms with Crippen LogP contribution < -0.4 is 10.7 Å². The van der Waals surface area contributed by atoms with E-state index in [2.05, 4.69) is 34.7 Å². The minimum absolute atomic E-state index is 0.570. The zero-order chi connectivity index (χ0) is 15.5. The third kappa shape index (κ3) is 7.75. The van der Waals surface area contributed by atoms with Gasteiger partial charge in [-0.05, 0) is 37.5 Å². The number of hydrogen-bond acceptors (Lipinski definition) is 3. The molecule has 1 aromatic heterocycles. The first-order chi connectivity index (χ1) is 10.1. The smallest absolute Gasteiger partial charge is 0.186 e. The van der Waals surface area contributed by atoms with Crippen LogP contribution >= 0.6 is 12.2 Å². The maximum atomic E-state index is 5.23. The van der Waals surface area contributed by atoms with E-state index >= 15 is 0 Å². The first kappa shape index (κ1) is 17.6. The Hall–Kier alpha value is -1.49. The molecule has 1 aromatic rings. The first-order valence-electron chi connectivity index (χ1n) is 7.62. The second kappa shape index (κ2) is 10.3. The molecule has 5 heteroatoms. The van der Waals surface area contributed by atoms with E-state index in [1.54, 1.807) is 12.4 Å². The zero-order valence-electron chi connectivity index (χ0n) is 13.2. The first-order valence-corrected chi connectivity index (χ1v) is 8.02. The summed E-state index contributed by atoms with van der Waals surface area (Å²) in [6.07, 6.45) is 8.63. The van der Waals surface area contributed by atoms with Gasteiger partial charge in [0.05, 0.1) is 5.71 Å². The lowest BCUT2D eigenvalue weighted by Gasteiger charge is -2.13. The fourth-order valence-electron chi connectivity index (χ4n) is 1.93. The highest BCUT2D eigenvalue weighted by atomic mass is 32.1. The molecule has 0 aromatic carbocycles. The Kier molecular flexibility index (Phi) is 8.59. The van der Waals surface area contributed by atoms with Crippen molar-refractivity contribution in [3.8, 4) is 0 Å².